The molecule has 0 unspecified atom stereocenters. The molecule has 0 radical (unpaired) electrons. The van der Waals surface area contributed by atoms with Crippen molar-refractivity contribution in [2.24, 2.45) is 0 Å². The molecule has 2 heteroatoms. The normalized spacial score (nSPS) is 11.3. The Balaban J connectivity index is 2.63. The topological polar surface area (TPSA) is 20.3 Å². The highest BCUT2D eigenvalue weighted by Crippen LogP contribution is 2.11. The van der Waals surface area contributed by atoms with Crippen molar-refractivity contribution in [3.05, 3.63) is 35.4 Å². The number of ketones is 1. The summed E-state index contributed by atoms with van der Waals surface area (Å²) in [4.78, 5) is 14.7. The molecule has 0 aliphatic heterocycles. The maximum atomic E-state index is 12.4. The van der Waals surface area contributed by atoms with Crippen LogP contribution >= 0.6 is 0 Å². The van der Waals surface area contributed by atoms with Crippen LogP contribution in [0.2, 0.25) is 0 Å². The average molecular weight is 261 g/mol. The molecule has 1 aromatic carbocycles. The number of unbranched alkanes of at least 4 members (excludes halogenated alkanes) is 2. The van der Waals surface area contributed by atoms with Crippen molar-refractivity contribution in [2.75, 3.05) is 13.1 Å². The van der Waals surface area contributed by atoms with Gasteiger partial charge in [-0.05, 0) is 39.3 Å². The Labute approximate surface area is 117 Å². The fourth-order valence-corrected chi connectivity index (χ4v) is 2.24. The summed E-state index contributed by atoms with van der Waals surface area (Å²) in [6.07, 6.45) is 3.63. The first-order valence-electron chi connectivity index (χ1n) is 7.39. The zero-order valence-corrected chi connectivity index (χ0v) is 12.8. The number of hydrogen-bond acceptors (Lipinski definition) is 2. The Morgan fingerprint density at radius 3 is 2.47 bits per heavy atom. The molecule has 0 fully saturated rings. The van der Waals surface area contributed by atoms with Gasteiger partial charge in [0.25, 0.3) is 0 Å². The highest BCUT2D eigenvalue weighted by atomic mass is 16.1. The molecule has 0 amide bonds. The second kappa shape index (κ2) is 8.11. The van der Waals surface area contributed by atoms with Gasteiger partial charge in [-0.1, -0.05) is 44.0 Å². The Kier molecular flexibility index (Phi) is 6.79. The van der Waals surface area contributed by atoms with Gasteiger partial charge in [0.2, 0.25) is 0 Å². The van der Waals surface area contributed by atoms with E-state index in [0.717, 1.165) is 17.7 Å². The average Bonchev–Trinajstić information content (AvgIpc) is 2.38. The van der Waals surface area contributed by atoms with Crippen molar-refractivity contribution in [1.82, 2.24) is 4.90 Å². The first-order valence-corrected chi connectivity index (χ1v) is 7.39. The zero-order valence-electron chi connectivity index (χ0n) is 12.8. The third-order valence-electron chi connectivity index (χ3n) is 3.57. The second-order valence-corrected chi connectivity index (χ2v) is 5.51. The first-order chi connectivity index (χ1) is 9.06. The summed E-state index contributed by atoms with van der Waals surface area (Å²) < 4.78 is 0. The van der Waals surface area contributed by atoms with E-state index in [-0.39, 0.29) is 5.78 Å². The number of benzene rings is 1. The predicted molar refractivity (Wildman–Crippen MR) is 81.7 cm³/mol. The van der Waals surface area contributed by atoms with Crippen molar-refractivity contribution >= 4 is 5.78 Å². The number of hydrogen-bond donors (Lipinski definition) is 0. The van der Waals surface area contributed by atoms with E-state index in [1.54, 1.807) is 0 Å². The van der Waals surface area contributed by atoms with Crippen LogP contribution in [-0.4, -0.2) is 29.8 Å². The van der Waals surface area contributed by atoms with E-state index in [9.17, 15) is 4.79 Å². The van der Waals surface area contributed by atoms with Gasteiger partial charge in [0.1, 0.15) is 0 Å². The summed E-state index contributed by atoms with van der Waals surface area (Å²) in [5, 5.41) is 0. The number of carbonyl (C=O) groups excluding carboxylic acids is 1. The molecular formula is C17H27NO. The van der Waals surface area contributed by atoms with Crippen LogP contribution in [0.5, 0.6) is 0 Å². The quantitative estimate of drug-likeness (QED) is 0.519. The van der Waals surface area contributed by atoms with E-state index in [2.05, 4.69) is 25.7 Å². The highest BCUT2D eigenvalue weighted by molar-refractivity contribution is 5.98. The summed E-state index contributed by atoms with van der Waals surface area (Å²) in [5.41, 5.74) is 1.94. The molecule has 2 nitrogen and oxygen atoms in total. The molecule has 0 heterocycles. The van der Waals surface area contributed by atoms with Crippen LogP contribution in [0, 0.1) is 6.92 Å². The number of carbonyl (C=O) groups is 1. The van der Waals surface area contributed by atoms with Gasteiger partial charge >= 0.3 is 0 Å². The minimum Gasteiger partial charge on any atom is -0.293 e. The van der Waals surface area contributed by atoms with Crippen LogP contribution in [-0.2, 0) is 0 Å². The summed E-state index contributed by atoms with van der Waals surface area (Å²) in [6.45, 7) is 10.1. The molecule has 0 bridgehead atoms. The molecule has 0 atom stereocenters. The van der Waals surface area contributed by atoms with Crippen molar-refractivity contribution < 1.29 is 4.79 Å². The van der Waals surface area contributed by atoms with Crippen molar-refractivity contribution in [3.8, 4) is 0 Å². The van der Waals surface area contributed by atoms with Gasteiger partial charge < -0.3 is 0 Å². The summed E-state index contributed by atoms with van der Waals surface area (Å²) in [5.74, 6) is 0.239. The SMILES string of the molecule is CCCCCN(CC(=O)c1ccccc1C)C(C)C. The van der Waals surface area contributed by atoms with Crippen LogP contribution in [0.4, 0.5) is 0 Å². The molecule has 0 aliphatic rings. The standard InChI is InChI=1S/C17H27NO/c1-5-6-9-12-18(14(2)3)13-17(19)16-11-8-7-10-15(16)4/h7-8,10-11,14H,5-6,9,12-13H2,1-4H3. The third-order valence-corrected chi connectivity index (χ3v) is 3.57. The van der Waals surface area contributed by atoms with E-state index < -0.39 is 0 Å². The number of rotatable bonds is 8. The molecular weight excluding hydrogens is 234 g/mol. The molecule has 19 heavy (non-hydrogen) atoms. The van der Waals surface area contributed by atoms with Gasteiger partial charge in [-0.15, -0.1) is 0 Å². The molecule has 0 aliphatic carbocycles. The Morgan fingerprint density at radius 1 is 1.21 bits per heavy atom. The number of Topliss-reactive ketones (excluding diaryl/α,β-unsaturated/α-hetero) is 1. The molecule has 1 aromatic rings. The van der Waals surface area contributed by atoms with Gasteiger partial charge in [-0.2, -0.15) is 0 Å². The largest absolute Gasteiger partial charge is 0.293 e. The van der Waals surface area contributed by atoms with E-state index in [1.807, 2.05) is 31.2 Å². The molecule has 0 saturated heterocycles. The maximum Gasteiger partial charge on any atom is 0.177 e. The fraction of sp³-hybridized carbons (Fsp3) is 0.588. The summed E-state index contributed by atoms with van der Waals surface area (Å²) >= 11 is 0. The lowest BCUT2D eigenvalue weighted by Gasteiger charge is -2.25. The summed E-state index contributed by atoms with van der Waals surface area (Å²) in [7, 11) is 0. The van der Waals surface area contributed by atoms with E-state index in [4.69, 9.17) is 0 Å². The number of aryl methyl sites for hydroxylation is 1. The first kappa shape index (κ1) is 15.9. The van der Waals surface area contributed by atoms with Crippen LogP contribution in [0.1, 0.15) is 56.0 Å². The lowest BCUT2D eigenvalue weighted by Crippen LogP contribution is -2.36. The van der Waals surface area contributed by atoms with Gasteiger partial charge in [0.05, 0.1) is 6.54 Å². The Bertz CT molecular complexity index is 398. The number of nitrogens with zero attached hydrogens (tertiary/aromatic N) is 1. The molecule has 0 N–H and O–H groups in total. The van der Waals surface area contributed by atoms with Crippen LogP contribution in [0.3, 0.4) is 0 Å². The molecule has 0 saturated carbocycles. The van der Waals surface area contributed by atoms with Crippen molar-refractivity contribution in [2.45, 2.75) is 53.0 Å². The van der Waals surface area contributed by atoms with Gasteiger partial charge in [0, 0.05) is 11.6 Å². The molecule has 106 valence electrons. The molecule has 0 spiro atoms. The van der Waals surface area contributed by atoms with Gasteiger partial charge in [-0.3, -0.25) is 9.69 Å². The van der Waals surface area contributed by atoms with Crippen molar-refractivity contribution in [3.63, 3.8) is 0 Å². The van der Waals surface area contributed by atoms with Crippen LogP contribution < -0.4 is 0 Å². The third kappa shape index (κ3) is 5.15. The Hall–Kier alpha value is -1.15. The minimum absolute atomic E-state index is 0.239. The van der Waals surface area contributed by atoms with E-state index in [0.29, 0.717) is 12.6 Å². The lowest BCUT2D eigenvalue weighted by molar-refractivity contribution is 0.0903. The highest BCUT2D eigenvalue weighted by Gasteiger charge is 2.16. The van der Waals surface area contributed by atoms with Crippen LogP contribution in [0.15, 0.2) is 24.3 Å². The summed E-state index contributed by atoms with van der Waals surface area (Å²) in [6, 6.07) is 8.28. The smallest absolute Gasteiger partial charge is 0.177 e. The minimum atomic E-state index is 0.239. The Morgan fingerprint density at radius 2 is 1.89 bits per heavy atom. The van der Waals surface area contributed by atoms with E-state index >= 15 is 0 Å². The van der Waals surface area contributed by atoms with Gasteiger partial charge in [-0.25, -0.2) is 0 Å². The molecule has 1 rings (SSSR count). The second-order valence-electron chi connectivity index (χ2n) is 5.51. The van der Waals surface area contributed by atoms with Crippen molar-refractivity contribution in [1.29, 1.82) is 0 Å². The maximum absolute atomic E-state index is 12.4. The predicted octanol–water partition coefficient (Wildman–Crippen LogP) is 4.08. The lowest BCUT2D eigenvalue weighted by atomic mass is 10.0. The molecule has 0 aromatic heterocycles. The zero-order chi connectivity index (χ0) is 14.3. The van der Waals surface area contributed by atoms with E-state index in [1.165, 1.54) is 19.3 Å². The van der Waals surface area contributed by atoms with Gasteiger partial charge in [0.15, 0.2) is 5.78 Å². The van der Waals surface area contributed by atoms with Crippen LogP contribution in [0.25, 0.3) is 0 Å². The monoisotopic (exact) mass is 261 g/mol. The fourth-order valence-electron chi connectivity index (χ4n) is 2.24.